The van der Waals surface area contributed by atoms with E-state index in [2.05, 4.69) is 0 Å². The first-order chi connectivity index (χ1) is 10.4. The van der Waals surface area contributed by atoms with Gasteiger partial charge in [0.05, 0.1) is 4.90 Å². The van der Waals surface area contributed by atoms with E-state index in [0.29, 0.717) is 11.6 Å². The maximum Gasteiger partial charge on any atom is 0.243 e. The number of sulfonamides is 1. The minimum absolute atomic E-state index is 0.0825. The number of benzene rings is 2. The van der Waals surface area contributed by atoms with Gasteiger partial charge < -0.3 is 0 Å². The van der Waals surface area contributed by atoms with E-state index in [0.717, 1.165) is 12.0 Å². The summed E-state index contributed by atoms with van der Waals surface area (Å²) in [7, 11) is -3.55. The van der Waals surface area contributed by atoms with Gasteiger partial charge in [0.25, 0.3) is 0 Å². The van der Waals surface area contributed by atoms with Gasteiger partial charge in [0.15, 0.2) is 0 Å². The number of hydrogen-bond donors (Lipinski definition) is 0. The molecular formula is C17H20ClNO2S. The van der Waals surface area contributed by atoms with Crippen LogP contribution in [0.25, 0.3) is 0 Å². The van der Waals surface area contributed by atoms with Crippen LogP contribution < -0.4 is 0 Å². The molecule has 0 amide bonds. The summed E-state index contributed by atoms with van der Waals surface area (Å²) in [6, 6.07) is 15.9. The van der Waals surface area contributed by atoms with Crippen molar-refractivity contribution in [1.29, 1.82) is 0 Å². The lowest BCUT2D eigenvalue weighted by Gasteiger charge is -2.28. The number of nitrogens with zero attached hydrogens (tertiary/aromatic N) is 1. The van der Waals surface area contributed by atoms with E-state index in [4.69, 9.17) is 11.6 Å². The Morgan fingerprint density at radius 3 is 2.18 bits per heavy atom. The molecule has 0 unspecified atom stereocenters. The summed E-state index contributed by atoms with van der Waals surface area (Å²) in [4.78, 5) is 0.271. The van der Waals surface area contributed by atoms with Gasteiger partial charge in [-0.15, -0.1) is 0 Å². The van der Waals surface area contributed by atoms with E-state index in [1.807, 2.05) is 44.2 Å². The van der Waals surface area contributed by atoms with Crippen LogP contribution in [0.5, 0.6) is 0 Å². The molecule has 0 aliphatic rings. The smallest absolute Gasteiger partial charge is 0.207 e. The topological polar surface area (TPSA) is 37.4 Å². The van der Waals surface area contributed by atoms with Gasteiger partial charge in [-0.2, -0.15) is 4.31 Å². The van der Waals surface area contributed by atoms with Gasteiger partial charge in [-0.3, -0.25) is 0 Å². The lowest BCUT2D eigenvalue weighted by molar-refractivity contribution is 0.323. The van der Waals surface area contributed by atoms with E-state index >= 15 is 0 Å². The summed E-state index contributed by atoms with van der Waals surface area (Å²) in [6.07, 6.45) is 0.750. The summed E-state index contributed by atoms with van der Waals surface area (Å²) in [5.41, 5.74) is 0.973. The molecule has 0 heterocycles. The molecule has 5 heteroatoms. The van der Waals surface area contributed by atoms with Gasteiger partial charge in [0.2, 0.25) is 10.0 Å². The first-order valence-electron chi connectivity index (χ1n) is 7.26. The number of halogens is 1. The highest BCUT2D eigenvalue weighted by Crippen LogP contribution is 2.23. The molecule has 0 aliphatic heterocycles. The number of hydrogen-bond acceptors (Lipinski definition) is 2. The van der Waals surface area contributed by atoms with E-state index < -0.39 is 10.0 Å². The van der Waals surface area contributed by atoms with Crippen LogP contribution in [-0.4, -0.2) is 18.8 Å². The third-order valence-electron chi connectivity index (χ3n) is 3.68. The summed E-state index contributed by atoms with van der Waals surface area (Å²) in [5.74, 6) is 0. The highest BCUT2D eigenvalue weighted by Gasteiger charge is 2.28. The Hall–Kier alpha value is -1.36. The lowest BCUT2D eigenvalue weighted by Crippen LogP contribution is -2.37. The third-order valence-corrected chi connectivity index (χ3v) is 5.91. The molecule has 118 valence electrons. The average Bonchev–Trinajstić information content (AvgIpc) is 2.53. The molecule has 2 rings (SSSR count). The van der Waals surface area contributed by atoms with Gasteiger partial charge in [0, 0.05) is 17.6 Å². The molecule has 0 bridgehead atoms. The van der Waals surface area contributed by atoms with Crippen LogP contribution in [0, 0.1) is 0 Å². The molecule has 0 aromatic heterocycles. The molecule has 0 spiro atoms. The average molecular weight is 338 g/mol. The van der Waals surface area contributed by atoms with E-state index in [1.165, 1.54) is 0 Å². The molecule has 2 aromatic rings. The van der Waals surface area contributed by atoms with Gasteiger partial charge in [-0.1, -0.05) is 48.9 Å². The third kappa shape index (κ3) is 3.88. The Labute approximate surface area is 137 Å². The standard InChI is InChI=1S/C17H20ClNO2S/c1-3-14(2)19(13-15-7-5-4-6-8-15)22(20,21)17-11-9-16(18)10-12-17/h4-12,14H,3,13H2,1-2H3/t14-/m0/s1. The molecule has 0 N–H and O–H groups in total. The summed E-state index contributed by atoms with van der Waals surface area (Å²) in [5, 5.41) is 0.525. The quantitative estimate of drug-likeness (QED) is 0.786. The van der Waals surface area contributed by atoms with Crippen molar-refractivity contribution in [2.24, 2.45) is 0 Å². The van der Waals surface area contributed by atoms with E-state index in [-0.39, 0.29) is 10.9 Å². The predicted molar refractivity (Wildman–Crippen MR) is 90.4 cm³/mol. The summed E-state index contributed by atoms with van der Waals surface area (Å²) in [6.45, 7) is 4.28. The fourth-order valence-electron chi connectivity index (χ4n) is 2.19. The Bertz CT molecular complexity index is 699. The molecule has 0 aliphatic carbocycles. The minimum atomic E-state index is -3.55. The van der Waals surface area contributed by atoms with Gasteiger partial charge in [-0.25, -0.2) is 8.42 Å². The normalized spacial score (nSPS) is 13.3. The van der Waals surface area contributed by atoms with Crippen LogP contribution >= 0.6 is 11.6 Å². The van der Waals surface area contributed by atoms with E-state index in [1.54, 1.807) is 28.6 Å². The first kappa shape index (κ1) is 17.0. The zero-order valence-corrected chi connectivity index (χ0v) is 14.3. The Kier molecular flexibility index (Phi) is 5.62. The van der Waals surface area contributed by atoms with Crippen molar-refractivity contribution in [3.05, 3.63) is 65.2 Å². The fourth-order valence-corrected chi connectivity index (χ4v) is 4.01. The zero-order valence-electron chi connectivity index (χ0n) is 12.7. The van der Waals surface area contributed by atoms with Crippen molar-refractivity contribution in [3.8, 4) is 0 Å². The molecule has 0 saturated carbocycles. The zero-order chi connectivity index (χ0) is 16.2. The monoisotopic (exact) mass is 337 g/mol. The van der Waals surface area contributed by atoms with Crippen LogP contribution in [0.15, 0.2) is 59.5 Å². The SMILES string of the molecule is CC[C@H](C)N(Cc1ccccc1)S(=O)(=O)c1ccc(Cl)cc1. The second-order valence-corrected chi connectivity index (χ2v) is 7.57. The predicted octanol–water partition coefficient (Wildman–Crippen LogP) is 4.33. The highest BCUT2D eigenvalue weighted by atomic mass is 35.5. The maximum absolute atomic E-state index is 12.9. The molecule has 1 atom stereocenters. The van der Waals surface area contributed by atoms with Crippen LogP contribution in [0.3, 0.4) is 0 Å². The Balaban J connectivity index is 2.37. The fraction of sp³-hybridized carbons (Fsp3) is 0.294. The molecule has 0 radical (unpaired) electrons. The molecular weight excluding hydrogens is 318 g/mol. The van der Waals surface area contributed by atoms with Crippen LogP contribution in [-0.2, 0) is 16.6 Å². The lowest BCUT2D eigenvalue weighted by atomic mass is 10.2. The van der Waals surface area contributed by atoms with Gasteiger partial charge in [0.1, 0.15) is 0 Å². The summed E-state index contributed by atoms with van der Waals surface area (Å²) < 4.78 is 27.4. The highest BCUT2D eigenvalue weighted by molar-refractivity contribution is 7.89. The molecule has 2 aromatic carbocycles. The number of rotatable bonds is 6. The minimum Gasteiger partial charge on any atom is -0.207 e. The van der Waals surface area contributed by atoms with Crippen molar-refractivity contribution < 1.29 is 8.42 Å². The second kappa shape index (κ2) is 7.27. The Morgan fingerprint density at radius 2 is 1.64 bits per heavy atom. The van der Waals surface area contributed by atoms with E-state index in [9.17, 15) is 8.42 Å². The molecule has 22 heavy (non-hydrogen) atoms. The van der Waals surface area contributed by atoms with Gasteiger partial charge >= 0.3 is 0 Å². The van der Waals surface area contributed by atoms with Gasteiger partial charge in [-0.05, 0) is 43.2 Å². The maximum atomic E-state index is 12.9. The van der Waals surface area contributed by atoms with Crippen molar-refractivity contribution in [3.63, 3.8) is 0 Å². The van der Waals surface area contributed by atoms with Crippen LogP contribution in [0.2, 0.25) is 5.02 Å². The molecule has 3 nitrogen and oxygen atoms in total. The Morgan fingerprint density at radius 1 is 1.05 bits per heavy atom. The second-order valence-electron chi connectivity index (χ2n) is 5.25. The van der Waals surface area contributed by atoms with Crippen LogP contribution in [0.4, 0.5) is 0 Å². The largest absolute Gasteiger partial charge is 0.243 e. The van der Waals surface area contributed by atoms with Crippen molar-refractivity contribution in [2.75, 3.05) is 0 Å². The van der Waals surface area contributed by atoms with Crippen LogP contribution in [0.1, 0.15) is 25.8 Å². The summed E-state index contributed by atoms with van der Waals surface area (Å²) >= 11 is 5.85. The van der Waals surface area contributed by atoms with Crippen molar-refractivity contribution >= 4 is 21.6 Å². The van der Waals surface area contributed by atoms with Crippen molar-refractivity contribution in [1.82, 2.24) is 4.31 Å². The van der Waals surface area contributed by atoms with Crippen molar-refractivity contribution in [2.45, 2.75) is 37.8 Å². The molecule has 0 saturated heterocycles. The first-order valence-corrected chi connectivity index (χ1v) is 9.08. The molecule has 0 fully saturated rings.